The Balaban J connectivity index is 3.43. The zero-order valence-corrected chi connectivity index (χ0v) is 17.3. The lowest BCUT2D eigenvalue weighted by Gasteiger charge is -2.31. The maximum absolute atomic E-state index is 13.6. The first kappa shape index (κ1) is 21.2. The molecule has 5 nitrogen and oxygen atoms in total. The highest BCUT2D eigenvalue weighted by atomic mass is 32.5. The molecule has 0 aliphatic rings. The molecule has 1 atom stereocenters. The van der Waals surface area contributed by atoms with Gasteiger partial charge >= 0.3 is 14.7 Å². The van der Waals surface area contributed by atoms with Crippen LogP contribution in [0.1, 0.15) is 27.7 Å². The van der Waals surface area contributed by atoms with E-state index in [1.807, 2.05) is 64.7 Å². The number of hydrogen-bond acceptors (Lipinski definition) is 5. The fraction of sp³-hybridized carbons (Fsp3) is 0.600. The van der Waals surface area contributed by atoms with E-state index in [4.69, 9.17) is 18.1 Å². The quantitative estimate of drug-likeness (QED) is 0.478. The molecule has 0 fully saturated rings. The molecule has 1 aromatic carbocycles. The summed E-state index contributed by atoms with van der Waals surface area (Å²) in [6.07, 6.45) is 0. The van der Waals surface area contributed by atoms with Crippen LogP contribution in [0, 0.1) is 0 Å². The van der Waals surface area contributed by atoms with E-state index in [-0.39, 0.29) is 0 Å². The van der Waals surface area contributed by atoms with Gasteiger partial charge in [-0.2, -0.15) is 0 Å². The van der Waals surface area contributed by atoms with E-state index >= 15 is 0 Å². The van der Waals surface area contributed by atoms with E-state index in [0.29, 0.717) is 26.4 Å². The normalized spacial score (nSPS) is 14.0. The van der Waals surface area contributed by atoms with Gasteiger partial charge in [-0.05, 0) is 27.7 Å². The number of benzene rings is 1. The van der Waals surface area contributed by atoms with Crippen molar-refractivity contribution in [1.82, 2.24) is 0 Å². The van der Waals surface area contributed by atoms with Gasteiger partial charge in [0.2, 0.25) is 0 Å². The third-order valence-corrected chi connectivity index (χ3v) is 18.6. The SMILES string of the molecule is CCOP(=O)(OCC)P(c1ccccc1)[P+](C)(OCC)OCC. The maximum Gasteiger partial charge on any atom is 0.398 e. The van der Waals surface area contributed by atoms with Crippen LogP contribution in [0.5, 0.6) is 0 Å². The third-order valence-electron chi connectivity index (χ3n) is 2.89. The Bertz CT molecular complexity index is 481. The van der Waals surface area contributed by atoms with Gasteiger partial charge in [-0.1, -0.05) is 30.3 Å². The fourth-order valence-electron chi connectivity index (χ4n) is 2.21. The van der Waals surface area contributed by atoms with Crippen molar-refractivity contribution in [1.29, 1.82) is 0 Å². The molecule has 0 bridgehead atoms. The Kier molecular flexibility index (Phi) is 9.41. The summed E-state index contributed by atoms with van der Waals surface area (Å²) in [7, 11) is -7.19. The summed E-state index contributed by atoms with van der Waals surface area (Å²) >= 11 is 0. The highest BCUT2D eigenvalue weighted by Gasteiger charge is 2.60. The van der Waals surface area contributed by atoms with Gasteiger partial charge in [-0.25, -0.2) is 9.05 Å². The molecule has 1 aromatic rings. The molecule has 0 heterocycles. The number of rotatable bonds is 11. The second kappa shape index (κ2) is 10.2. The first-order valence-electron chi connectivity index (χ1n) is 7.88. The van der Waals surface area contributed by atoms with E-state index in [2.05, 4.69) is 0 Å². The van der Waals surface area contributed by atoms with Gasteiger partial charge in [0.25, 0.3) is 7.30 Å². The zero-order valence-electron chi connectivity index (χ0n) is 14.6. The summed E-state index contributed by atoms with van der Waals surface area (Å²) in [6.45, 7) is 11.0. The molecule has 0 aliphatic heterocycles. The van der Waals surface area contributed by atoms with Crippen molar-refractivity contribution in [3.63, 3.8) is 0 Å². The smallest absolute Gasteiger partial charge is 0.303 e. The summed E-state index contributed by atoms with van der Waals surface area (Å²) in [5.41, 5.74) is 0. The standard InChI is InChI=1S/C15H28O5P3/c1-6-17-22(5,18-7-2)21(15-13-11-10-12-14-15)23(16,19-8-3)20-9-4/h10-14H,6-9H2,1-5H3/q+1. The van der Waals surface area contributed by atoms with Crippen LogP contribution < -0.4 is 5.30 Å². The highest BCUT2D eigenvalue weighted by molar-refractivity contribution is 8.65. The minimum absolute atomic E-state index is 0.321. The van der Waals surface area contributed by atoms with Crippen LogP contribution in [0.4, 0.5) is 0 Å². The largest absolute Gasteiger partial charge is 0.398 e. The topological polar surface area (TPSA) is 54.0 Å². The molecule has 132 valence electrons. The molecular formula is C15H28O5P3+. The molecule has 0 saturated carbocycles. The average molecular weight is 381 g/mol. The Labute approximate surface area is 141 Å². The first-order valence-corrected chi connectivity index (χ1v) is 14.2. The molecule has 0 radical (unpaired) electrons. The monoisotopic (exact) mass is 381 g/mol. The second-order valence-corrected chi connectivity index (χ2v) is 16.2. The predicted octanol–water partition coefficient (Wildman–Crippen LogP) is 5.44. The second-order valence-electron chi connectivity index (χ2n) is 4.57. The Morgan fingerprint density at radius 3 is 1.78 bits per heavy atom. The van der Waals surface area contributed by atoms with Gasteiger partial charge < -0.3 is 9.05 Å². The van der Waals surface area contributed by atoms with Crippen LogP contribution >= 0.6 is 22.0 Å². The summed E-state index contributed by atoms with van der Waals surface area (Å²) in [6, 6.07) is 9.68. The third kappa shape index (κ3) is 5.58. The van der Waals surface area contributed by atoms with E-state index in [9.17, 15) is 4.57 Å². The molecule has 23 heavy (non-hydrogen) atoms. The lowest BCUT2D eigenvalue weighted by atomic mass is 10.4. The maximum atomic E-state index is 13.6. The van der Waals surface area contributed by atoms with Gasteiger partial charge in [0, 0.05) is 5.30 Å². The molecule has 1 unspecified atom stereocenters. The van der Waals surface area contributed by atoms with Crippen molar-refractivity contribution in [3.05, 3.63) is 30.3 Å². The predicted molar refractivity (Wildman–Crippen MR) is 100.0 cm³/mol. The molecule has 8 heteroatoms. The Morgan fingerprint density at radius 2 is 1.39 bits per heavy atom. The van der Waals surface area contributed by atoms with Gasteiger partial charge in [0.15, 0.2) is 0 Å². The van der Waals surface area contributed by atoms with Crippen LogP contribution in [-0.4, -0.2) is 33.1 Å². The van der Waals surface area contributed by atoms with Crippen LogP contribution in [-0.2, 0) is 22.7 Å². The van der Waals surface area contributed by atoms with Crippen molar-refractivity contribution >= 4 is 27.3 Å². The minimum Gasteiger partial charge on any atom is -0.303 e. The lowest BCUT2D eigenvalue weighted by molar-refractivity contribution is 0.235. The highest BCUT2D eigenvalue weighted by Crippen LogP contribution is 2.98. The average Bonchev–Trinajstić information content (AvgIpc) is 2.49. The minimum atomic E-state index is -3.37. The summed E-state index contributed by atoms with van der Waals surface area (Å²) in [4.78, 5) is 0. The molecule has 0 amide bonds. The Hall–Kier alpha value is 0.150. The number of hydrogen-bond donors (Lipinski definition) is 0. The van der Waals surface area contributed by atoms with Crippen LogP contribution in [0.2, 0.25) is 0 Å². The van der Waals surface area contributed by atoms with Gasteiger partial charge in [0.1, 0.15) is 6.66 Å². The van der Waals surface area contributed by atoms with Crippen molar-refractivity contribution < 1.29 is 22.7 Å². The Morgan fingerprint density at radius 1 is 0.913 bits per heavy atom. The summed E-state index contributed by atoms with van der Waals surface area (Å²) in [5.74, 6) is 0. The molecule has 0 aromatic heterocycles. The summed E-state index contributed by atoms with van der Waals surface area (Å²) in [5, 5.41) is 0.922. The van der Waals surface area contributed by atoms with Crippen molar-refractivity contribution in [3.8, 4) is 0 Å². The van der Waals surface area contributed by atoms with Gasteiger partial charge in [-0.15, -0.1) is 0 Å². The van der Waals surface area contributed by atoms with Crippen molar-refractivity contribution in [2.45, 2.75) is 27.7 Å². The first-order chi connectivity index (χ1) is 11.0. The van der Waals surface area contributed by atoms with E-state index in [1.165, 1.54) is 0 Å². The van der Waals surface area contributed by atoms with E-state index < -0.39 is 22.0 Å². The van der Waals surface area contributed by atoms with Crippen LogP contribution in [0.25, 0.3) is 0 Å². The van der Waals surface area contributed by atoms with Gasteiger partial charge in [0.05, 0.1) is 26.4 Å². The van der Waals surface area contributed by atoms with Gasteiger partial charge in [-0.3, -0.25) is 4.57 Å². The van der Waals surface area contributed by atoms with Crippen molar-refractivity contribution in [2.24, 2.45) is 0 Å². The fourth-order valence-corrected chi connectivity index (χ4v) is 18.2. The zero-order chi connectivity index (χ0) is 17.3. The molecule has 0 spiro atoms. The molecule has 0 N–H and O–H groups in total. The lowest BCUT2D eigenvalue weighted by Crippen LogP contribution is -2.11. The van der Waals surface area contributed by atoms with Crippen molar-refractivity contribution in [2.75, 3.05) is 33.1 Å². The summed E-state index contributed by atoms with van der Waals surface area (Å²) < 4.78 is 36.9. The van der Waals surface area contributed by atoms with E-state index in [0.717, 1.165) is 5.30 Å². The van der Waals surface area contributed by atoms with E-state index in [1.54, 1.807) is 0 Å². The van der Waals surface area contributed by atoms with Crippen LogP contribution in [0.15, 0.2) is 30.3 Å². The molecule has 0 aliphatic carbocycles. The molecular weight excluding hydrogens is 353 g/mol. The molecule has 1 rings (SSSR count). The molecule has 0 saturated heterocycles. The van der Waals surface area contributed by atoms with Crippen LogP contribution in [0.3, 0.4) is 0 Å².